The van der Waals surface area contributed by atoms with Crippen LogP contribution in [-0.4, -0.2) is 46.5 Å². The Bertz CT molecular complexity index is 140. The molecule has 0 aromatic heterocycles. The van der Waals surface area contributed by atoms with Gasteiger partial charge in [-0.2, -0.15) is 0 Å². The third-order valence-corrected chi connectivity index (χ3v) is 0.794. The van der Waals surface area contributed by atoms with Crippen LogP contribution in [0.4, 0.5) is 0 Å². The Hall–Kier alpha value is -1.18. The number of hydrogen-bond donors (Lipinski definition) is 4. The summed E-state index contributed by atoms with van der Waals surface area (Å²) in [6, 6.07) is 0. The van der Waals surface area contributed by atoms with Gasteiger partial charge in [0.15, 0.2) is 6.10 Å². The fourth-order valence-corrected chi connectivity index (χ4v) is 0.264. The highest BCUT2D eigenvalue weighted by Crippen LogP contribution is 1.90. The molecule has 0 rings (SSSR count). The molecule has 0 aliphatic rings. The molecule has 0 aliphatic carbocycles. The van der Waals surface area contributed by atoms with Gasteiger partial charge in [-0.25, -0.2) is 4.79 Å². The SMILES string of the molecule is C[NH3+].O=C([O-])[C@H](O)[C@@H](O)C(=O)O. The maximum absolute atomic E-state index is 9.74. The minimum Gasteiger partial charge on any atom is -0.547 e. The van der Waals surface area contributed by atoms with Crippen LogP contribution < -0.4 is 10.8 Å². The molecule has 7 nitrogen and oxygen atoms in total. The van der Waals surface area contributed by atoms with Gasteiger partial charge in [0.2, 0.25) is 0 Å². The first-order chi connectivity index (χ1) is 5.46. The number of carboxylic acid groups (broad SMARTS) is 2. The van der Waals surface area contributed by atoms with Gasteiger partial charge in [0.1, 0.15) is 6.10 Å². The minimum atomic E-state index is -2.38. The molecular formula is C5H11NO6. The number of aliphatic hydroxyl groups is 2. The van der Waals surface area contributed by atoms with Crippen molar-refractivity contribution in [1.29, 1.82) is 0 Å². The molecule has 0 unspecified atom stereocenters. The molecule has 0 fully saturated rings. The fourth-order valence-electron chi connectivity index (χ4n) is 0.264. The van der Waals surface area contributed by atoms with Gasteiger partial charge in [-0.05, 0) is 0 Å². The van der Waals surface area contributed by atoms with Crippen LogP contribution in [0.5, 0.6) is 0 Å². The zero-order valence-electron chi connectivity index (χ0n) is 6.43. The molecule has 0 radical (unpaired) electrons. The van der Waals surface area contributed by atoms with E-state index in [1.165, 1.54) is 0 Å². The van der Waals surface area contributed by atoms with Crippen molar-refractivity contribution >= 4 is 11.9 Å². The summed E-state index contributed by atoms with van der Waals surface area (Å²) >= 11 is 0. The molecule has 0 amide bonds. The lowest BCUT2D eigenvalue weighted by molar-refractivity contribution is -0.325. The van der Waals surface area contributed by atoms with Gasteiger partial charge < -0.3 is 31.0 Å². The van der Waals surface area contributed by atoms with E-state index in [1.807, 2.05) is 0 Å². The Morgan fingerprint density at radius 2 is 1.58 bits per heavy atom. The molecule has 7 heteroatoms. The summed E-state index contributed by atoms with van der Waals surface area (Å²) in [6.45, 7) is 0. The smallest absolute Gasteiger partial charge is 0.335 e. The number of quaternary nitrogens is 1. The highest BCUT2D eigenvalue weighted by molar-refractivity contribution is 5.81. The second-order valence-corrected chi connectivity index (χ2v) is 1.55. The summed E-state index contributed by atoms with van der Waals surface area (Å²) in [7, 11) is 1.75. The van der Waals surface area contributed by atoms with Gasteiger partial charge in [-0.15, -0.1) is 0 Å². The van der Waals surface area contributed by atoms with E-state index >= 15 is 0 Å². The molecule has 6 N–H and O–H groups in total. The Balaban J connectivity index is 0. The van der Waals surface area contributed by atoms with E-state index in [9.17, 15) is 14.7 Å². The Kier molecular flexibility index (Phi) is 7.29. The van der Waals surface area contributed by atoms with Crippen LogP contribution >= 0.6 is 0 Å². The lowest BCUT2D eigenvalue weighted by Crippen LogP contribution is -2.46. The van der Waals surface area contributed by atoms with Gasteiger partial charge >= 0.3 is 5.97 Å². The molecule has 72 valence electrons. The lowest BCUT2D eigenvalue weighted by Gasteiger charge is -2.13. The highest BCUT2D eigenvalue weighted by Gasteiger charge is 2.23. The van der Waals surface area contributed by atoms with E-state index < -0.39 is 24.1 Å². The highest BCUT2D eigenvalue weighted by atomic mass is 16.4. The van der Waals surface area contributed by atoms with Crippen LogP contribution in [0.25, 0.3) is 0 Å². The van der Waals surface area contributed by atoms with Crippen molar-refractivity contribution in [2.75, 3.05) is 7.05 Å². The maximum Gasteiger partial charge on any atom is 0.335 e. The van der Waals surface area contributed by atoms with E-state index in [4.69, 9.17) is 15.3 Å². The van der Waals surface area contributed by atoms with Crippen molar-refractivity contribution in [3.8, 4) is 0 Å². The molecule has 0 aromatic rings. The van der Waals surface area contributed by atoms with E-state index in [0.29, 0.717) is 0 Å². The Morgan fingerprint density at radius 3 is 1.67 bits per heavy atom. The topological polar surface area (TPSA) is 146 Å². The summed E-state index contributed by atoms with van der Waals surface area (Å²) < 4.78 is 0. The zero-order chi connectivity index (χ0) is 10.3. The van der Waals surface area contributed by atoms with E-state index in [-0.39, 0.29) is 0 Å². The fraction of sp³-hybridized carbons (Fsp3) is 0.600. The molecule has 2 atom stereocenters. The van der Waals surface area contributed by atoms with E-state index in [2.05, 4.69) is 5.73 Å². The summed E-state index contributed by atoms with van der Waals surface area (Å²) in [6.07, 6.45) is -4.71. The monoisotopic (exact) mass is 181 g/mol. The van der Waals surface area contributed by atoms with Gasteiger partial charge in [0, 0.05) is 0 Å². The van der Waals surface area contributed by atoms with Crippen LogP contribution in [-0.2, 0) is 9.59 Å². The van der Waals surface area contributed by atoms with Gasteiger partial charge in [0.25, 0.3) is 0 Å². The normalized spacial score (nSPS) is 13.7. The summed E-state index contributed by atoms with van der Waals surface area (Å²) in [5.41, 5.74) is 3.25. The summed E-state index contributed by atoms with van der Waals surface area (Å²) in [5, 5.41) is 34.1. The van der Waals surface area contributed by atoms with Crippen molar-refractivity contribution < 1.29 is 35.7 Å². The largest absolute Gasteiger partial charge is 0.547 e. The number of aliphatic hydroxyl groups excluding tert-OH is 2. The van der Waals surface area contributed by atoms with Gasteiger partial charge in [-0.1, -0.05) is 0 Å². The first-order valence-electron chi connectivity index (χ1n) is 2.97. The maximum atomic E-state index is 9.74. The molecule has 0 heterocycles. The summed E-state index contributed by atoms with van der Waals surface area (Å²) in [5.74, 6) is -3.83. The molecule has 0 saturated carbocycles. The third kappa shape index (κ3) is 4.61. The predicted molar refractivity (Wildman–Crippen MR) is 33.5 cm³/mol. The molecule has 0 spiro atoms. The second kappa shape index (κ2) is 6.53. The molecule has 0 aromatic carbocycles. The van der Waals surface area contributed by atoms with Crippen LogP contribution in [0.3, 0.4) is 0 Å². The van der Waals surface area contributed by atoms with Crippen LogP contribution in [0.1, 0.15) is 0 Å². The lowest BCUT2D eigenvalue weighted by atomic mass is 10.2. The van der Waals surface area contributed by atoms with Gasteiger partial charge in [-0.3, -0.25) is 0 Å². The number of hydrogen-bond acceptors (Lipinski definition) is 5. The molecule has 12 heavy (non-hydrogen) atoms. The van der Waals surface area contributed by atoms with Crippen molar-refractivity contribution in [2.45, 2.75) is 12.2 Å². The molecular weight excluding hydrogens is 170 g/mol. The number of carbonyl (C=O) groups is 2. The Labute approximate surface area is 68.0 Å². The van der Waals surface area contributed by atoms with Crippen LogP contribution in [0.2, 0.25) is 0 Å². The third-order valence-electron chi connectivity index (χ3n) is 0.794. The zero-order valence-corrected chi connectivity index (χ0v) is 6.43. The number of rotatable bonds is 3. The van der Waals surface area contributed by atoms with Crippen molar-refractivity contribution in [2.24, 2.45) is 0 Å². The quantitative estimate of drug-likeness (QED) is 0.344. The molecule has 0 aliphatic heterocycles. The first-order valence-corrected chi connectivity index (χ1v) is 2.97. The predicted octanol–water partition coefficient (Wildman–Crippen LogP) is -4.60. The number of aliphatic carboxylic acids is 2. The molecule has 0 bridgehead atoms. The van der Waals surface area contributed by atoms with Crippen LogP contribution in [0.15, 0.2) is 0 Å². The standard InChI is InChI=1S/C4H6O6.CH5N/c5-1(3(7)8)2(6)4(9)10;1-2/h1-2,5-6H,(H,7,8)(H,9,10);2H2,1H3/t1-,2-;/m1./s1. The van der Waals surface area contributed by atoms with Crippen molar-refractivity contribution in [3.05, 3.63) is 0 Å². The average molecular weight is 181 g/mol. The van der Waals surface area contributed by atoms with Crippen molar-refractivity contribution in [1.82, 2.24) is 0 Å². The molecule has 0 saturated heterocycles. The first kappa shape index (κ1) is 13.4. The number of carbonyl (C=O) groups excluding carboxylic acids is 1. The second-order valence-electron chi connectivity index (χ2n) is 1.55. The van der Waals surface area contributed by atoms with Crippen LogP contribution in [0, 0.1) is 0 Å². The summed E-state index contributed by atoms with van der Waals surface area (Å²) in [4.78, 5) is 19.4. The Morgan fingerprint density at radius 1 is 1.25 bits per heavy atom. The average Bonchev–Trinajstić information content (AvgIpc) is 2.05. The minimum absolute atomic E-state index is 1.75. The van der Waals surface area contributed by atoms with Crippen molar-refractivity contribution in [3.63, 3.8) is 0 Å². The van der Waals surface area contributed by atoms with E-state index in [1.54, 1.807) is 7.05 Å². The number of carboxylic acids is 2. The van der Waals surface area contributed by atoms with E-state index in [0.717, 1.165) is 0 Å². The van der Waals surface area contributed by atoms with Gasteiger partial charge in [0.05, 0.1) is 13.0 Å².